The number of rotatable bonds is 10. The third-order valence-electron chi connectivity index (χ3n) is 7.32. The summed E-state index contributed by atoms with van der Waals surface area (Å²) in [5.74, 6) is -1.67. The van der Waals surface area contributed by atoms with Crippen LogP contribution < -0.4 is 15.4 Å². The van der Waals surface area contributed by atoms with E-state index in [1.54, 1.807) is 23.1 Å². The van der Waals surface area contributed by atoms with Crippen molar-refractivity contribution in [3.05, 3.63) is 77.7 Å². The Balaban J connectivity index is 1.41. The minimum absolute atomic E-state index is 0.0244. The zero-order valence-electron chi connectivity index (χ0n) is 22.7. The van der Waals surface area contributed by atoms with Gasteiger partial charge >= 0.3 is 5.97 Å². The molecule has 1 saturated carbocycles. The highest BCUT2D eigenvalue weighted by Gasteiger charge is 2.22. The third kappa shape index (κ3) is 6.68. The van der Waals surface area contributed by atoms with Crippen LogP contribution in [0.1, 0.15) is 65.4 Å². The molecule has 2 aromatic carbocycles. The van der Waals surface area contributed by atoms with Gasteiger partial charge in [-0.15, -0.1) is 5.10 Å². The number of fused-ring (bicyclic) bond motifs is 1. The zero-order valence-corrected chi connectivity index (χ0v) is 22.7. The van der Waals surface area contributed by atoms with Crippen molar-refractivity contribution in [1.29, 1.82) is 0 Å². The fraction of sp³-hybridized carbons (Fsp3) is 0.333. The first kappa shape index (κ1) is 27.8. The molecule has 0 aliphatic heterocycles. The minimum atomic E-state index is -1.16. The number of carboxylic acid groups (broad SMARTS) is 1. The molecule has 2 amide bonds. The highest BCUT2D eigenvalue weighted by atomic mass is 16.5. The molecule has 11 heteroatoms. The van der Waals surface area contributed by atoms with Gasteiger partial charge in [-0.05, 0) is 54.2 Å². The summed E-state index contributed by atoms with van der Waals surface area (Å²) < 4.78 is 7.11. The van der Waals surface area contributed by atoms with Crippen LogP contribution in [0.25, 0.3) is 10.8 Å². The lowest BCUT2D eigenvalue weighted by Crippen LogP contribution is -2.32. The lowest BCUT2D eigenvalue weighted by Gasteiger charge is -2.22. The lowest BCUT2D eigenvalue weighted by atomic mass is 9.89. The number of nitrogens with zero attached hydrogens (tertiary/aromatic N) is 4. The standard InChI is InChI=1S/C30H32N6O5/c1-19(30(39)40)41-26-14-13-25(27(34-26)29(38)31-17-20-7-3-2-4-8-20)33-28(37)24-12-11-21(18-36-16-15-32-35-36)22-9-5-6-10-23(22)24/h5-6,9-16,19-20H,2-4,7-8,17-18H2,1H3,(H,31,38)(H,33,37)(H,39,40). The Bertz CT molecular complexity index is 1550. The second-order valence-corrected chi connectivity index (χ2v) is 10.2. The van der Waals surface area contributed by atoms with Crippen molar-refractivity contribution >= 4 is 34.2 Å². The van der Waals surface area contributed by atoms with Crippen molar-refractivity contribution in [2.75, 3.05) is 11.9 Å². The topological polar surface area (TPSA) is 148 Å². The maximum atomic E-state index is 13.6. The number of carbonyl (C=O) groups is 3. The number of pyridine rings is 1. The zero-order chi connectivity index (χ0) is 28.8. The molecule has 3 N–H and O–H groups in total. The largest absolute Gasteiger partial charge is 0.479 e. The highest BCUT2D eigenvalue weighted by Crippen LogP contribution is 2.27. The first-order chi connectivity index (χ1) is 19.9. The molecule has 11 nitrogen and oxygen atoms in total. The van der Waals surface area contributed by atoms with Gasteiger partial charge in [0, 0.05) is 24.4 Å². The van der Waals surface area contributed by atoms with Gasteiger partial charge in [0.1, 0.15) is 0 Å². The highest BCUT2D eigenvalue weighted by molar-refractivity contribution is 6.15. The molecule has 0 bridgehead atoms. The first-order valence-electron chi connectivity index (χ1n) is 13.7. The number of aliphatic carboxylic acids is 1. The molecule has 0 spiro atoms. The molecular weight excluding hydrogens is 524 g/mol. The van der Waals surface area contributed by atoms with Gasteiger partial charge in [-0.2, -0.15) is 0 Å². The van der Waals surface area contributed by atoms with Crippen molar-refractivity contribution in [2.45, 2.75) is 51.7 Å². The Labute approximate surface area is 236 Å². The number of anilines is 1. The molecule has 5 rings (SSSR count). The summed E-state index contributed by atoms with van der Waals surface area (Å²) in [5.41, 5.74) is 1.55. The van der Waals surface area contributed by atoms with Crippen molar-refractivity contribution in [3.63, 3.8) is 0 Å². The first-order valence-corrected chi connectivity index (χ1v) is 13.7. The van der Waals surface area contributed by atoms with Gasteiger partial charge < -0.3 is 20.5 Å². The van der Waals surface area contributed by atoms with E-state index in [0.717, 1.165) is 42.0 Å². The summed E-state index contributed by atoms with van der Waals surface area (Å²) in [6.45, 7) is 2.37. The van der Waals surface area contributed by atoms with Crippen molar-refractivity contribution in [2.24, 2.45) is 5.92 Å². The number of amides is 2. The summed E-state index contributed by atoms with van der Waals surface area (Å²) in [4.78, 5) is 42.5. The van der Waals surface area contributed by atoms with Gasteiger partial charge in [0.05, 0.1) is 18.4 Å². The van der Waals surface area contributed by atoms with Crippen molar-refractivity contribution in [1.82, 2.24) is 25.3 Å². The van der Waals surface area contributed by atoms with E-state index in [2.05, 4.69) is 25.9 Å². The Morgan fingerprint density at radius 2 is 1.80 bits per heavy atom. The van der Waals surface area contributed by atoms with Crippen LogP contribution in [0.3, 0.4) is 0 Å². The Hall–Kier alpha value is -4.80. The molecule has 2 heterocycles. The second-order valence-electron chi connectivity index (χ2n) is 10.2. The normalized spacial score (nSPS) is 14.4. The number of carbonyl (C=O) groups excluding carboxylic acids is 2. The SMILES string of the molecule is CC(Oc1ccc(NC(=O)c2ccc(Cn3ccnn3)c3ccccc23)c(C(=O)NCC2CCCCC2)n1)C(=O)O. The molecule has 0 radical (unpaired) electrons. The van der Waals surface area contributed by atoms with Gasteiger partial charge in [-0.3, -0.25) is 9.59 Å². The second kappa shape index (κ2) is 12.6. The van der Waals surface area contributed by atoms with E-state index in [1.165, 1.54) is 25.5 Å². The van der Waals surface area contributed by atoms with E-state index in [0.29, 0.717) is 24.6 Å². The van der Waals surface area contributed by atoms with E-state index in [-0.39, 0.29) is 17.3 Å². The predicted molar refractivity (Wildman–Crippen MR) is 152 cm³/mol. The number of ether oxygens (including phenoxy) is 1. The molecule has 1 atom stereocenters. The van der Waals surface area contributed by atoms with Crippen LogP contribution in [-0.2, 0) is 11.3 Å². The van der Waals surface area contributed by atoms with E-state index < -0.39 is 23.9 Å². The summed E-state index contributed by atoms with van der Waals surface area (Å²) >= 11 is 0. The molecule has 1 aliphatic rings. The molecule has 1 aliphatic carbocycles. The Morgan fingerprint density at radius 1 is 1.02 bits per heavy atom. The van der Waals surface area contributed by atoms with Crippen LogP contribution in [0, 0.1) is 5.92 Å². The molecule has 1 unspecified atom stereocenters. The minimum Gasteiger partial charge on any atom is -0.479 e. The number of aromatic nitrogens is 4. The molecule has 1 fully saturated rings. The average Bonchev–Trinajstić information content (AvgIpc) is 3.50. The maximum absolute atomic E-state index is 13.6. The van der Waals surface area contributed by atoms with Crippen molar-refractivity contribution < 1.29 is 24.2 Å². The van der Waals surface area contributed by atoms with Gasteiger partial charge in [0.2, 0.25) is 5.88 Å². The molecule has 4 aromatic rings. The van der Waals surface area contributed by atoms with E-state index in [4.69, 9.17) is 4.74 Å². The fourth-order valence-electron chi connectivity index (χ4n) is 5.10. The summed E-state index contributed by atoms with van der Waals surface area (Å²) in [6, 6.07) is 14.1. The number of hydrogen-bond donors (Lipinski definition) is 3. The summed E-state index contributed by atoms with van der Waals surface area (Å²) in [5, 5.41) is 24.6. The molecular formula is C30H32N6O5. The molecule has 41 heavy (non-hydrogen) atoms. The Kier molecular flexibility index (Phi) is 8.52. The maximum Gasteiger partial charge on any atom is 0.344 e. The number of benzene rings is 2. The van der Waals surface area contributed by atoms with E-state index in [9.17, 15) is 19.5 Å². The average molecular weight is 557 g/mol. The number of nitrogens with one attached hydrogen (secondary N) is 2. The van der Waals surface area contributed by atoms with Gasteiger partial charge in [0.15, 0.2) is 11.8 Å². The van der Waals surface area contributed by atoms with Crippen LogP contribution in [-0.4, -0.2) is 55.5 Å². The van der Waals surface area contributed by atoms with Gasteiger partial charge in [-0.1, -0.05) is 54.8 Å². The van der Waals surface area contributed by atoms with E-state index in [1.807, 2.05) is 30.3 Å². The van der Waals surface area contributed by atoms with Crippen molar-refractivity contribution in [3.8, 4) is 5.88 Å². The third-order valence-corrected chi connectivity index (χ3v) is 7.32. The predicted octanol–water partition coefficient (Wildman–Crippen LogP) is 4.29. The monoisotopic (exact) mass is 556 g/mol. The van der Waals surface area contributed by atoms with Crippen LogP contribution in [0.15, 0.2) is 60.9 Å². The van der Waals surface area contributed by atoms with Crippen LogP contribution in [0.2, 0.25) is 0 Å². The smallest absolute Gasteiger partial charge is 0.344 e. The molecule has 212 valence electrons. The fourth-order valence-corrected chi connectivity index (χ4v) is 5.10. The molecule has 0 saturated heterocycles. The Morgan fingerprint density at radius 3 is 2.54 bits per heavy atom. The van der Waals surface area contributed by atoms with Gasteiger partial charge in [0.25, 0.3) is 11.8 Å². The quantitative estimate of drug-likeness (QED) is 0.262. The van der Waals surface area contributed by atoms with E-state index >= 15 is 0 Å². The van der Waals surface area contributed by atoms with Gasteiger partial charge in [-0.25, -0.2) is 14.5 Å². The molecule has 2 aromatic heterocycles. The van der Waals surface area contributed by atoms with Crippen LogP contribution >= 0.6 is 0 Å². The summed E-state index contributed by atoms with van der Waals surface area (Å²) in [7, 11) is 0. The summed E-state index contributed by atoms with van der Waals surface area (Å²) in [6.07, 6.45) is 7.81. The lowest BCUT2D eigenvalue weighted by molar-refractivity contribution is -0.144. The number of hydrogen-bond acceptors (Lipinski definition) is 7. The van der Waals surface area contributed by atoms with Crippen LogP contribution in [0.5, 0.6) is 5.88 Å². The number of carboxylic acids is 1. The van der Waals surface area contributed by atoms with Crippen LogP contribution in [0.4, 0.5) is 5.69 Å².